The van der Waals surface area contributed by atoms with E-state index in [1.807, 2.05) is 46.2 Å². The fraction of sp³-hybridized carbons (Fsp3) is 0.279. The number of aryl methyl sites for hydroxylation is 2. The van der Waals surface area contributed by atoms with Gasteiger partial charge in [0.15, 0.2) is 5.78 Å². The number of ketones is 1. The number of alkyl halides is 2. The lowest BCUT2D eigenvalue weighted by Crippen LogP contribution is -2.50. The highest BCUT2D eigenvalue weighted by Crippen LogP contribution is 2.44. The number of carbonyl (C=O) groups is 1. The molecule has 7 nitrogen and oxygen atoms in total. The Labute approximate surface area is 309 Å². The zero-order valence-corrected chi connectivity index (χ0v) is 29.7. The van der Waals surface area contributed by atoms with Gasteiger partial charge in [0, 0.05) is 59.7 Å². The van der Waals surface area contributed by atoms with Gasteiger partial charge >= 0.3 is 0 Å². The number of carbonyl (C=O) groups excluding carboxylic acids is 1. The number of pyridine rings is 2. The number of aromatic nitrogens is 2. The van der Waals surface area contributed by atoms with Crippen LogP contribution in [0.4, 0.5) is 28.9 Å². The molecule has 2 atom stereocenters. The second kappa shape index (κ2) is 14.1. The SMILES string of the molecule is Cc1nc2ccc(N3CC(O)C3)cc2c(-c2ccc(F)cc2)c1C(CF)C(=O)C(CF)c1c(C)nc2ccc(N3CC(O)C3)cc2c1-c1ccc(F)cc1. The maximum atomic E-state index is 15.8. The molecule has 0 spiro atoms. The lowest BCUT2D eigenvalue weighted by molar-refractivity contribution is -0.122. The first-order chi connectivity index (χ1) is 26.0. The Hall–Kier alpha value is -5.39. The van der Waals surface area contributed by atoms with Gasteiger partial charge in [0.1, 0.15) is 25.0 Å². The Morgan fingerprint density at radius 3 is 1.35 bits per heavy atom. The number of hydrogen-bond acceptors (Lipinski definition) is 7. The number of hydrogen-bond donors (Lipinski definition) is 2. The van der Waals surface area contributed by atoms with E-state index in [4.69, 9.17) is 9.97 Å². The number of nitrogens with zero attached hydrogens (tertiary/aromatic N) is 4. The first-order valence-corrected chi connectivity index (χ1v) is 18.0. The van der Waals surface area contributed by atoms with E-state index in [9.17, 15) is 23.8 Å². The van der Waals surface area contributed by atoms with E-state index in [0.717, 1.165) is 11.4 Å². The van der Waals surface area contributed by atoms with Crippen molar-refractivity contribution in [3.8, 4) is 22.3 Å². The van der Waals surface area contributed by atoms with E-state index >= 15 is 8.78 Å². The number of Topliss-reactive ketones (excluding diaryl/α,β-unsaturated/α-hetero) is 1. The van der Waals surface area contributed by atoms with Crippen molar-refractivity contribution in [2.45, 2.75) is 37.9 Å². The number of fused-ring (bicyclic) bond motifs is 2. The Balaban J connectivity index is 1.32. The predicted molar refractivity (Wildman–Crippen MR) is 203 cm³/mol. The van der Waals surface area contributed by atoms with Crippen molar-refractivity contribution < 1.29 is 32.6 Å². The molecule has 0 bridgehead atoms. The number of rotatable bonds is 10. The van der Waals surface area contributed by atoms with Crippen LogP contribution in [0.15, 0.2) is 84.9 Å². The Bertz CT molecular complexity index is 2230. The van der Waals surface area contributed by atoms with Crippen molar-refractivity contribution in [2.24, 2.45) is 0 Å². The third kappa shape index (κ3) is 6.24. The Morgan fingerprint density at radius 2 is 1.02 bits per heavy atom. The lowest BCUT2D eigenvalue weighted by atomic mass is 9.78. The normalized spacial score (nSPS) is 16.1. The minimum atomic E-state index is -1.47. The van der Waals surface area contributed by atoms with Gasteiger partial charge in [-0.3, -0.25) is 14.8 Å². The highest BCUT2D eigenvalue weighted by atomic mass is 19.1. The Morgan fingerprint density at radius 1 is 0.648 bits per heavy atom. The monoisotopic (exact) mass is 734 g/mol. The van der Waals surface area contributed by atoms with Gasteiger partial charge in [-0.1, -0.05) is 24.3 Å². The van der Waals surface area contributed by atoms with Crippen LogP contribution in [-0.2, 0) is 4.79 Å². The van der Waals surface area contributed by atoms with Gasteiger partial charge in [-0.2, -0.15) is 0 Å². The van der Waals surface area contributed by atoms with Gasteiger partial charge in [0.05, 0.1) is 35.1 Å². The van der Waals surface area contributed by atoms with Crippen LogP contribution in [0.5, 0.6) is 0 Å². The summed E-state index contributed by atoms with van der Waals surface area (Å²) in [5.74, 6) is -4.60. The van der Waals surface area contributed by atoms with Crippen molar-refractivity contribution >= 4 is 39.0 Å². The van der Waals surface area contributed by atoms with Crippen LogP contribution < -0.4 is 9.80 Å². The first kappa shape index (κ1) is 35.6. The average molecular weight is 735 g/mol. The molecule has 4 aromatic carbocycles. The number of benzene rings is 4. The van der Waals surface area contributed by atoms with Crippen molar-refractivity contribution in [1.82, 2.24) is 9.97 Å². The smallest absolute Gasteiger partial charge is 0.153 e. The molecular formula is C43H38F4N4O3. The molecule has 0 radical (unpaired) electrons. The molecule has 11 heteroatoms. The summed E-state index contributed by atoms with van der Waals surface area (Å²) < 4.78 is 60.0. The summed E-state index contributed by atoms with van der Waals surface area (Å²) in [6, 6.07) is 22.6. The van der Waals surface area contributed by atoms with Gasteiger partial charge < -0.3 is 20.0 Å². The maximum Gasteiger partial charge on any atom is 0.153 e. The van der Waals surface area contributed by atoms with Crippen molar-refractivity contribution in [3.05, 3.63) is 119 Å². The van der Waals surface area contributed by atoms with Crippen LogP contribution >= 0.6 is 0 Å². The predicted octanol–water partition coefficient (Wildman–Crippen LogP) is 7.75. The molecule has 6 aromatic rings. The summed E-state index contributed by atoms with van der Waals surface area (Å²) >= 11 is 0. The number of anilines is 2. The molecule has 276 valence electrons. The fourth-order valence-corrected chi connectivity index (χ4v) is 8.04. The fourth-order valence-electron chi connectivity index (χ4n) is 8.04. The van der Waals surface area contributed by atoms with Crippen molar-refractivity contribution in [1.29, 1.82) is 0 Å². The number of aliphatic hydroxyl groups excluding tert-OH is 2. The van der Waals surface area contributed by atoms with Crippen molar-refractivity contribution in [2.75, 3.05) is 49.3 Å². The lowest BCUT2D eigenvalue weighted by Gasteiger charge is -2.38. The van der Waals surface area contributed by atoms with Crippen LogP contribution in [0.3, 0.4) is 0 Å². The number of β-amino-alcohol motifs (C(OH)–C–C–N with tert-alkyl or cyclic N) is 2. The highest BCUT2D eigenvalue weighted by molar-refractivity contribution is 6.05. The molecule has 2 N–H and O–H groups in total. The molecule has 0 amide bonds. The molecule has 2 aromatic heterocycles. The second-order valence-corrected chi connectivity index (χ2v) is 14.3. The van der Waals surface area contributed by atoms with E-state index in [0.29, 0.717) is 81.6 Å². The van der Waals surface area contributed by atoms with Gasteiger partial charge in [0.2, 0.25) is 0 Å². The number of halogens is 4. The standard InChI is InChI=1S/C43H38F4N4O3/c1-23-39(41(25-3-7-27(46)8-4-25)33-15-29(11-13-37(33)48-23)50-19-31(52)20-50)35(17-44)43(54)36(18-45)40-24(2)49-38-14-12-30(51-21-32(53)22-51)16-34(38)42(40)26-5-9-28(47)10-6-26/h3-16,31-32,35-36,52-53H,17-22H2,1-2H3. The molecular weight excluding hydrogens is 696 g/mol. The van der Waals surface area contributed by atoms with Crippen LogP contribution in [0, 0.1) is 25.5 Å². The van der Waals surface area contributed by atoms with Crippen LogP contribution in [-0.4, -0.2) is 77.7 Å². The largest absolute Gasteiger partial charge is 0.389 e. The molecule has 8 rings (SSSR count). The summed E-state index contributed by atoms with van der Waals surface area (Å²) in [7, 11) is 0. The molecule has 0 saturated carbocycles. The second-order valence-electron chi connectivity index (χ2n) is 14.3. The van der Waals surface area contributed by atoms with E-state index in [1.165, 1.54) is 24.3 Å². The van der Waals surface area contributed by atoms with E-state index in [2.05, 4.69) is 0 Å². The molecule has 4 heterocycles. The van der Waals surface area contributed by atoms with Gasteiger partial charge in [-0.15, -0.1) is 0 Å². The number of aliphatic hydroxyl groups is 2. The average Bonchev–Trinajstić information content (AvgIpc) is 3.14. The molecule has 54 heavy (non-hydrogen) atoms. The van der Waals surface area contributed by atoms with Gasteiger partial charge in [-0.25, -0.2) is 17.6 Å². The van der Waals surface area contributed by atoms with Gasteiger partial charge in [0.25, 0.3) is 0 Å². The Kier molecular flexibility index (Phi) is 9.31. The quantitative estimate of drug-likeness (QED) is 0.139. The summed E-state index contributed by atoms with van der Waals surface area (Å²) in [6.45, 7) is 2.78. The molecule has 2 aliphatic heterocycles. The summed E-state index contributed by atoms with van der Waals surface area (Å²) in [4.78, 5) is 28.5. The highest BCUT2D eigenvalue weighted by Gasteiger charge is 2.37. The molecule has 2 unspecified atom stereocenters. The van der Waals surface area contributed by atoms with Crippen LogP contribution in [0.25, 0.3) is 44.1 Å². The van der Waals surface area contributed by atoms with Crippen LogP contribution in [0.1, 0.15) is 34.4 Å². The third-order valence-electron chi connectivity index (χ3n) is 10.8. The minimum absolute atomic E-state index is 0.272. The van der Waals surface area contributed by atoms with E-state index in [-0.39, 0.29) is 11.1 Å². The molecule has 2 fully saturated rings. The topological polar surface area (TPSA) is 89.8 Å². The molecule has 0 aliphatic carbocycles. The minimum Gasteiger partial charge on any atom is -0.389 e. The molecule has 2 saturated heterocycles. The summed E-state index contributed by atoms with van der Waals surface area (Å²) in [6.07, 6.45) is -0.920. The zero-order valence-electron chi connectivity index (χ0n) is 29.7. The maximum absolute atomic E-state index is 15.8. The van der Waals surface area contributed by atoms with Gasteiger partial charge in [-0.05, 0) is 108 Å². The molecule has 2 aliphatic rings. The van der Waals surface area contributed by atoms with Crippen molar-refractivity contribution in [3.63, 3.8) is 0 Å². The first-order valence-electron chi connectivity index (χ1n) is 18.0. The van der Waals surface area contributed by atoms with E-state index in [1.54, 1.807) is 38.1 Å². The van der Waals surface area contributed by atoms with E-state index < -0.39 is 54.8 Å². The summed E-state index contributed by atoms with van der Waals surface area (Å²) in [5.41, 5.74) is 6.07. The summed E-state index contributed by atoms with van der Waals surface area (Å²) in [5, 5.41) is 21.2. The third-order valence-corrected chi connectivity index (χ3v) is 10.8. The zero-order chi connectivity index (χ0) is 37.8. The van der Waals surface area contributed by atoms with Crippen LogP contribution in [0.2, 0.25) is 0 Å².